The Morgan fingerprint density at radius 3 is 2.63 bits per heavy atom. The predicted molar refractivity (Wildman–Crippen MR) is 103 cm³/mol. The average molecular weight is 363 g/mol. The number of anilines is 2. The molecule has 0 bridgehead atoms. The third-order valence-corrected chi connectivity index (χ3v) is 5.21. The number of nitrogens with zero attached hydrogens (tertiary/aromatic N) is 6. The minimum Gasteiger partial charge on any atom is -0.352 e. The Balaban J connectivity index is 1.39. The maximum absolute atomic E-state index is 12.0. The molecule has 0 radical (unpaired) electrons. The molecule has 2 fully saturated rings. The second-order valence-electron chi connectivity index (χ2n) is 7.23. The highest BCUT2D eigenvalue weighted by Gasteiger charge is 2.27. The fraction of sp³-hybridized carbons (Fsp3) is 0.421. The lowest BCUT2D eigenvalue weighted by atomic mass is 10.2. The van der Waals surface area contributed by atoms with E-state index in [0.717, 1.165) is 67.3 Å². The molecule has 8 heteroatoms. The van der Waals surface area contributed by atoms with E-state index in [1.54, 1.807) is 18.5 Å². The molecule has 0 amide bonds. The van der Waals surface area contributed by atoms with Crippen LogP contribution in [0.25, 0.3) is 10.9 Å². The number of nitrogens with one attached hydrogen (secondary N) is 1. The van der Waals surface area contributed by atoms with Gasteiger partial charge in [0.25, 0.3) is 5.56 Å². The lowest BCUT2D eigenvalue weighted by Crippen LogP contribution is -2.48. The number of hydrogen-bond donors (Lipinski definition) is 1. The number of aryl methyl sites for hydroxylation is 1. The zero-order valence-electron chi connectivity index (χ0n) is 15.2. The van der Waals surface area contributed by atoms with E-state index in [9.17, 15) is 4.79 Å². The molecular weight excluding hydrogens is 342 g/mol. The van der Waals surface area contributed by atoms with E-state index in [0.29, 0.717) is 11.9 Å². The van der Waals surface area contributed by atoms with Crippen LogP contribution in [-0.2, 0) is 0 Å². The quantitative estimate of drug-likeness (QED) is 0.756. The summed E-state index contributed by atoms with van der Waals surface area (Å²) in [6.07, 6.45) is 5.83. The molecule has 1 saturated heterocycles. The van der Waals surface area contributed by atoms with Crippen LogP contribution in [0, 0.1) is 6.92 Å². The van der Waals surface area contributed by atoms with Crippen molar-refractivity contribution in [1.29, 1.82) is 0 Å². The van der Waals surface area contributed by atoms with Gasteiger partial charge in [0.1, 0.15) is 11.6 Å². The Hall–Kier alpha value is -3.03. The first kappa shape index (κ1) is 16.2. The van der Waals surface area contributed by atoms with Crippen LogP contribution in [-0.4, -0.2) is 51.1 Å². The van der Waals surface area contributed by atoms with E-state index in [1.807, 2.05) is 13.0 Å². The predicted octanol–water partition coefficient (Wildman–Crippen LogP) is 1.62. The third kappa shape index (κ3) is 3.11. The van der Waals surface area contributed by atoms with Crippen molar-refractivity contribution in [3.8, 4) is 0 Å². The van der Waals surface area contributed by atoms with Crippen LogP contribution >= 0.6 is 0 Å². The minimum absolute atomic E-state index is 0.0609. The lowest BCUT2D eigenvalue weighted by Gasteiger charge is -2.36. The van der Waals surface area contributed by atoms with Crippen LogP contribution in [0.3, 0.4) is 0 Å². The van der Waals surface area contributed by atoms with Gasteiger partial charge in [0.15, 0.2) is 0 Å². The largest absolute Gasteiger partial charge is 0.352 e. The topological polar surface area (TPSA) is 90.9 Å². The zero-order chi connectivity index (χ0) is 18.4. The van der Waals surface area contributed by atoms with Crippen LogP contribution < -0.4 is 15.4 Å². The van der Waals surface area contributed by atoms with Gasteiger partial charge >= 0.3 is 0 Å². The van der Waals surface area contributed by atoms with E-state index in [2.05, 4.69) is 29.7 Å². The van der Waals surface area contributed by atoms with Gasteiger partial charge in [-0.2, -0.15) is 0 Å². The second-order valence-corrected chi connectivity index (χ2v) is 7.23. The van der Waals surface area contributed by atoms with Crippen molar-refractivity contribution in [2.75, 3.05) is 36.0 Å². The highest BCUT2D eigenvalue weighted by molar-refractivity contribution is 5.88. The van der Waals surface area contributed by atoms with E-state index in [4.69, 9.17) is 4.98 Å². The summed E-state index contributed by atoms with van der Waals surface area (Å²) in [6.45, 7) is 5.10. The van der Waals surface area contributed by atoms with Gasteiger partial charge in [0, 0.05) is 49.7 Å². The van der Waals surface area contributed by atoms with Crippen LogP contribution in [0.1, 0.15) is 30.3 Å². The highest BCUT2D eigenvalue weighted by Crippen LogP contribution is 2.38. The number of rotatable bonds is 3. The number of pyridine rings is 1. The Kier molecular flexibility index (Phi) is 3.77. The van der Waals surface area contributed by atoms with Gasteiger partial charge in [-0.25, -0.2) is 15.0 Å². The molecular formula is C19H21N7O. The highest BCUT2D eigenvalue weighted by atomic mass is 16.1. The summed E-state index contributed by atoms with van der Waals surface area (Å²) < 4.78 is 0. The van der Waals surface area contributed by atoms with Crippen molar-refractivity contribution < 1.29 is 0 Å². The summed E-state index contributed by atoms with van der Waals surface area (Å²) in [7, 11) is 0. The maximum Gasteiger partial charge on any atom is 0.252 e. The molecule has 138 valence electrons. The van der Waals surface area contributed by atoms with E-state index in [-0.39, 0.29) is 5.56 Å². The average Bonchev–Trinajstić information content (AvgIpc) is 3.52. The van der Waals surface area contributed by atoms with E-state index >= 15 is 0 Å². The molecule has 0 unspecified atom stereocenters. The number of fused-ring (bicyclic) bond motifs is 1. The van der Waals surface area contributed by atoms with Crippen LogP contribution in [0.2, 0.25) is 0 Å². The molecule has 8 nitrogen and oxygen atoms in total. The molecule has 4 heterocycles. The summed E-state index contributed by atoms with van der Waals surface area (Å²) >= 11 is 0. The molecule has 1 aliphatic carbocycles. The van der Waals surface area contributed by atoms with Gasteiger partial charge in [-0.1, -0.05) is 0 Å². The summed E-state index contributed by atoms with van der Waals surface area (Å²) in [4.78, 5) is 37.3. The number of piperazine rings is 1. The summed E-state index contributed by atoms with van der Waals surface area (Å²) in [5.74, 6) is 2.86. The normalized spacial score (nSPS) is 17.5. The van der Waals surface area contributed by atoms with Crippen molar-refractivity contribution in [2.24, 2.45) is 0 Å². The van der Waals surface area contributed by atoms with Gasteiger partial charge in [0.05, 0.1) is 17.4 Å². The van der Waals surface area contributed by atoms with E-state index < -0.39 is 0 Å². The first-order valence-corrected chi connectivity index (χ1v) is 9.37. The molecule has 1 N–H and O–H groups in total. The van der Waals surface area contributed by atoms with Gasteiger partial charge < -0.3 is 9.80 Å². The Bertz CT molecular complexity index is 1050. The van der Waals surface area contributed by atoms with Crippen LogP contribution in [0.4, 0.5) is 11.8 Å². The third-order valence-electron chi connectivity index (χ3n) is 5.21. The Labute approximate surface area is 156 Å². The summed E-state index contributed by atoms with van der Waals surface area (Å²) in [5, 5.41) is 1.02. The maximum atomic E-state index is 12.0. The molecule has 3 aromatic rings. The fourth-order valence-corrected chi connectivity index (χ4v) is 3.65. The van der Waals surface area contributed by atoms with Crippen LogP contribution in [0.15, 0.2) is 29.3 Å². The first-order chi connectivity index (χ1) is 13.2. The summed E-state index contributed by atoms with van der Waals surface area (Å²) in [6, 6.07) is 3.61. The van der Waals surface area contributed by atoms with Gasteiger partial charge in [-0.15, -0.1) is 0 Å². The van der Waals surface area contributed by atoms with Crippen molar-refractivity contribution in [2.45, 2.75) is 25.7 Å². The van der Waals surface area contributed by atoms with Gasteiger partial charge in [0.2, 0.25) is 5.95 Å². The summed E-state index contributed by atoms with van der Waals surface area (Å²) in [5.41, 5.74) is 1.74. The molecule has 5 rings (SSSR count). The Morgan fingerprint density at radius 2 is 1.85 bits per heavy atom. The molecule has 27 heavy (non-hydrogen) atoms. The second kappa shape index (κ2) is 6.29. The van der Waals surface area contributed by atoms with Crippen molar-refractivity contribution >= 4 is 22.7 Å². The number of aromatic amines is 1. The van der Waals surface area contributed by atoms with Crippen LogP contribution in [0.5, 0.6) is 0 Å². The molecule has 1 saturated carbocycles. The zero-order valence-corrected chi connectivity index (χ0v) is 15.2. The van der Waals surface area contributed by atoms with Gasteiger partial charge in [-0.3, -0.25) is 14.8 Å². The monoisotopic (exact) mass is 363 g/mol. The SMILES string of the molecule is Cc1nc(N2CCN(c3nc(C4CC4)cc(=O)[nH]3)CC2)c2ccncc2n1. The minimum atomic E-state index is -0.0609. The molecule has 2 aliphatic rings. The lowest BCUT2D eigenvalue weighted by molar-refractivity contribution is 0.632. The molecule has 0 atom stereocenters. The van der Waals surface area contributed by atoms with Crippen molar-refractivity contribution in [3.63, 3.8) is 0 Å². The molecule has 0 spiro atoms. The molecule has 0 aromatic carbocycles. The number of hydrogen-bond acceptors (Lipinski definition) is 7. The Morgan fingerprint density at radius 1 is 1.07 bits per heavy atom. The first-order valence-electron chi connectivity index (χ1n) is 9.37. The standard InChI is InChI=1S/C19H21N7O/c1-12-21-16-11-20-5-4-14(16)18(22-12)25-6-8-26(9-7-25)19-23-15(13-2-3-13)10-17(27)24-19/h4-5,10-11,13H,2-3,6-9H2,1H3,(H,23,24,27). The van der Waals surface area contributed by atoms with Gasteiger partial charge in [-0.05, 0) is 25.8 Å². The van der Waals surface area contributed by atoms with Crippen molar-refractivity contribution in [1.82, 2.24) is 24.9 Å². The number of aromatic nitrogens is 5. The molecule has 1 aliphatic heterocycles. The molecule has 3 aromatic heterocycles. The van der Waals surface area contributed by atoms with Crippen molar-refractivity contribution in [3.05, 3.63) is 46.4 Å². The fourth-order valence-electron chi connectivity index (χ4n) is 3.65. The van der Waals surface area contributed by atoms with E-state index in [1.165, 1.54) is 0 Å². The smallest absolute Gasteiger partial charge is 0.252 e. The number of H-pyrrole nitrogens is 1.